The highest BCUT2D eigenvalue weighted by atomic mass is 32.1. The van der Waals surface area contributed by atoms with Crippen LogP contribution in [-0.2, 0) is 13.1 Å². The molecule has 17 heavy (non-hydrogen) atoms. The molecule has 0 spiro atoms. The summed E-state index contributed by atoms with van der Waals surface area (Å²) in [5, 5.41) is 4.26. The van der Waals surface area contributed by atoms with E-state index in [1.165, 1.54) is 5.56 Å². The first-order valence-electron chi connectivity index (χ1n) is 5.59. The highest BCUT2D eigenvalue weighted by Gasteiger charge is 2.06. The normalized spacial score (nSPS) is 10.5. The average molecular weight is 247 g/mol. The van der Waals surface area contributed by atoms with Gasteiger partial charge in [-0.15, -0.1) is 0 Å². The van der Waals surface area contributed by atoms with Gasteiger partial charge in [0.15, 0.2) is 0 Å². The maximum atomic E-state index is 5.63. The van der Waals surface area contributed by atoms with Crippen molar-refractivity contribution >= 4 is 17.2 Å². The van der Waals surface area contributed by atoms with Crippen LogP contribution in [0.2, 0.25) is 0 Å². The number of hydrogen-bond acceptors (Lipinski definition) is 4. The Morgan fingerprint density at radius 2 is 2.18 bits per heavy atom. The summed E-state index contributed by atoms with van der Waals surface area (Å²) in [5.74, 6) is 0.992. The number of rotatable bonds is 4. The molecular formula is C13H17N3S. The van der Waals surface area contributed by atoms with Crippen LogP contribution in [0.5, 0.6) is 0 Å². The Morgan fingerprint density at radius 3 is 2.76 bits per heavy atom. The zero-order chi connectivity index (χ0) is 12.3. The summed E-state index contributed by atoms with van der Waals surface area (Å²) in [7, 11) is 2.06. The highest BCUT2D eigenvalue weighted by molar-refractivity contribution is 7.07. The van der Waals surface area contributed by atoms with Crippen LogP contribution >= 0.6 is 11.3 Å². The van der Waals surface area contributed by atoms with Crippen molar-refractivity contribution in [3.63, 3.8) is 0 Å². The van der Waals surface area contributed by atoms with Crippen LogP contribution in [0.25, 0.3) is 0 Å². The van der Waals surface area contributed by atoms with E-state index in [-0.39, 0.29) is 0 Å². The molecule has 0 bridgehead atoms. The molecule has 0 aliphatic rings. The first kappa shape index (κ1) is 12.1. The molecule has 2 N–H and O–H groups in total. The minimum Gasteiger partial charge on any atom is -0.355 e. The van der Waals surface area contributed by atoms with Crippen molar-refractivity contribution in [2.24, 2.45) is 5.73 Å². The van der Waals surface area contributed by atoms with Crippen LogP contribution < -0.4 is 10.6 Å². The summed E-state index contributed by atoms with van der Waals surface area (Å²) >= 11 is 1.72. The van der Waals surface area contributed by atoms with Crippen LogP contribution in [0.3, 0.4) is 0 Å². The second kappa shape index (κ2) is 5.29. The molecule has 0 saturated heterocycles. The van der Waals surface area contributed by atoms with Gasteiger partial charge in [-0.05, 0) is 40.9 Å². The van der Waals surface area contributed by atoms with E-state index in [0.717, 1.165) is 23.6 Å². The number of thiophene rings is 1. The third-order valence-corrected chi connectivity index (χ3v) is 3.52. The lowest BCUT2D eigenvalue weighted by Gasteiger charge is -2.18. The molecule has 4 heteroatoms. The summed E-state index contributed by atoms with van der Waals surface area (Å²) < 4.78 is 0. The Kier molecular flexibility index (Phi) is 3.76. The van der Waals surface area contributed by atoms with E-state index in [1.54, 1.807) is 11.3 Å². The lowest BCUT2D eigenvalue weighted by molar-refractivity contribution is 0.887. The molecule has 2 rings (SSSR count). The quantitative estimate of drug-likeness (QED) is 0.903. The second-order valence-corrected chi connectivity index (χ2v) is 4.89. The highest BCUT2D eigenvalue weighted by Crippen LogP contribution is 2.16. The maximum absolute atomic E-state index is 5.63. The van der Waals surface area contributed by atoms with E-state index in [4.69, 9.17) is 5.73 Å². The smallest absolute Gasteiger partial charge is 0.128 e. The minimum absolute atomic E-state index is 0.549. The fourth-order valence-corrected chi connectivity index (χ4v) is 2.40. The maximum Gasteiger partial charge on any atom is 0.128 e. The molecule has 90 valence electrons. The molecule has 2 heterocycles. The average Bonchev–Trinajstić information content (AvgIpc) is 2.81. The standard InChI is InChI=1S/C13H17N3S/c1-10-12(7-14)3-4-13(15-10)16(2)8-11-5-6-17-9-11/h3-6,9H,7-8,14H2,1-2H3. The first-order valence-corrected chi connectivity index (χ1v) is 6.54. The zero-order valence-corrected chi connectivity index (χ0v) is 11.0. The Labute approximate surface area is 106 Å². The number of pyridine rings is 1. The fraction of sp³-hybridized carbons (Fsp3) is 0.308. The molecule has 2 aromatic rings. The van der Waals surface area contributed by atoms with Crippen LogP contribution in [0, 0.1) is 6.92 Å². The topological polar surface area (TPSA) is 42.2 Å². The van der Waals surface area contributed by atoms with Crippen LogP contribution in [0.15, 0.2) is 29.0 Å². The van der Waals surface area contributed by atoms with Crippen LogP contribution in [0.1, 0.15) is 16.8 Å². The summed E-state index contributed by atoms with van der Waals surface area (Å²) in [6, 6.07) is 6.23. The van der Waals surface area contributed by atoms with Crippen LogP contribution in [0.4, 0.5) is 5.82 Å². The van der Waals surface area contributed by atoms with Crippen molar-refractivity contribution < 1.29 is 0 Å². The molecule has 2 aromatic heterocycles. The van der Waals surface area contributed by atoms with Gasteiger partial charge < -0.3 is 10.6 Å². The molecule has 0 aromatic carbocycles. The monoisotopic (exact) mass is 247 g/mol. The lowest BCUT2D eigenvalue weighted by atomic mass is 10.2. The molecule has 0 saturated carbocycles. The van der Waals surface area contributed by atoms with Crippen LogP contribution in [-0.4, -0.2) is 12.0 Å². The SMILES string of the molecule is Cc1nc(N(C)Cc2ccsc2)ccc1CN. The molecular weight excluding hydrogens is 230 g/mol. The molecule has 0 unspecified atom stereocenters. The van der Waals surface area contributed by atoms with Crippen molar-refractivity contribution in [3.8, 4) is 0 Å². The molecule has 0 aliphatic heterocycles. The van der Waals surface area contributed by atoms with Gasteiger partial charge in [0, 0.05) is 25.8 Å². The predicted octanol–water partition coefficient (Wildman–Crippen LogP) is 2.55. The van der Waals surface area contributed by atoms with E-state index < -0.39 is 0 Å². The number of hydrogen-bond donors (Lipinski definition) is 1. The third kappa shape index (κ3) is 2.84. The van der Waals surface area contributed by atoms with E-state index in [0.29, 0.717) is 6.54 Å². The molecule has 0 atom stereocenters. The Bertz CT molecular complexity index is 479. The van der Waals surface area contributed by atoms with Gasteiger partial charge in [-0.1, -0.05) is 6.07 Å². The Morgan fingerprint density at radius 1 is 1.35 bits per heavy atom. The van der Waals surface area contributed by atoms with E-state index in [2.05, 4.69) is 39.8 Å². The zero-order valence-electron chi connectivity index (χ0n) is 10.2. The number of aromatic nitrogens is 1. The van der Waals surface area contributed by atoms with Crippen molar-refractivity contribution in [2.75, 3.05) is 11.9 Å². The van der Waals surface area contributed by atoms with Crippen molar-refractivity contribution in [2.45, 2.75) is 20.0 Å². The summed E-state index contributed by atoms with van der Waals surface area (Å²) in [6.45, 7) is 3.44. The number of nitrogens with zero attached hydrogens (tertiary/aromatic N) is 2. The Balaban J connectivity index is 2.14. The number of anilines is 1. The molecule has 0 fully saturated rings. The largest absolute Gasteiger partial charge is 0.355 e. The first-order chi connectivity index (χ1) is 8.20. The van der Waals surface area contributed by atoms with E-state index in [1.807, 2.05) is 13.0 Å². The minimum atomic E-state index is 0.549. The van der Waals surface area contributed by atoms with Gasteiger partial charge in [-0.25, -0.2) is 4.98 Å². The van der Waals surface area contributed by atoms with Gasteiger partial charge in [0.05, 0.1) is 0 Å². The number of aryl methyl sites for hydroxylation is 1. The summed E-state index contributed by atoms with van der Waals surface area (Å²) in [4.78, 5) is 6.72. The van der Waals surface area contributed by atoms with Crippen molar-refractivity contribution in [1.82, 2.24) is 4.98 Å². The Hall–Kier alpha value is -1.39. The van der Waals surface area contributed by atoms with Gasteiger partial charge in [0.1, 0.15) is 5.82 Å². The van der Waals surface area contributed by atoms with E-state index >= 15 is 0 Å². The molecule has 3 nitrogen and oxygen atoms in total. The predicted molar refractivity (Wildman–Crippen MR) is 73.3 cm³/mol. The van der Waals surface area contributed by atoms with Gasteiger partial charge in [-0.3, -0.25) is 0 Å². The van der Waals surface area contributed by atoms with Gasteiger partial charge in [0.2, 0.25) is 0 Å². The molecule has 0 amide bonds. The van der Waals surface area contributed by atoms with E-state index in [9.17, 15) is 0 Å². The molecule has 0 radical (unpaired) electrons. The van der Waals surface area contributed by atoms with Gasteiger partial charge in [-0.2, -0.15) is 11.3 Å². The van der Waals surface area contributed by atoms with Gasteiger partial charge in [0.25, 0.3) is 0 Å². The van der Waals surface area contributed by atoms with Gasteiger partial charge >= 0.3 is 0 Å². The molecule has 0 aliphatic carbocycles. The van der Waals surface area contributed by atoms with Crippen molar-refractivity contribution in [1.29, 1.82) is 0 Å². The number of nitrogens with two attached hydrogens (primary N) is 1. The van der Waals surface area contributed by atoms with Crippen molar-refractivity contribution in [3.05, 3.63) is 45.8 Å². The summed E-state index contributed by atoms with van der Waals surface area (Å²) in [5.41, 5.74) is 9.08. The lowest BCUT2D eigenvalue weighted by Crippen LogP contribution is -2.18. The third-order valence-electron chi connectivity index (χ3n) is 2.79. The second-order valence-electron chi connectivity index (χ2n) is 4.11. The summed E-state index contributed by atoms with van der Waals surface area (Å²) in [6.07, 6.45) is 0. The fourth-order valence-electron chi connectivity index (χ4n) is 1.74.